The van der Waals surface area contributed by atoms with Crippen molar-refractivity contribution < 1.29 is 5.11 Å². The minimum absolute atomic E-state index is 0.196. The number of hydrogen-bond acceptors (Lipinski definition) is 2. The summed E-state index contributed by atoms with van der Waals surface area (Å²) >= 11 is 5.89. The summed E-state index contributed by atoms with van der Waals surface area (Å²) < 4.78 is 0. The Bertz CT molecular complexity index is 365. The summed E-state index contributed by atoms with van der Waals surface area (Å²) in [6, 6.07) is 8.33. The number of nitrogens with zero attached hydrogens (tertiary/aromatic N) is 1. The van der Waals surface area contributed by atoms with E-state index in [1.807, 2.05) is 12.1 Å². The van der Waals surface area contributed by atoms with E-state index in [0.717, 1.165) is 24.5 Å². The van der Waals surface area contributed by atoms with Crippen LogP contribution >= 0.6 is 11.6 Å². The minimum atomic E-state index is -0.196. The van der Waals surface area contributed by atoms with Crippen LogP contribution in [0.4, 0.5) is 0 Å². The maximum atomic E-state index is 9.93. The highest BCUT2D eigenvalue weighted by Crippen LogP contribution is 2.27. The van der Waals surface area contributed by atoms with Gasteiger partial charge in [0.25, 0.3) is 0 Å². The number of piperidine rings is 1. The monoisotopic (exact) mass is 253 g/mol. The summed E-state index contributed by atoms with van der Waals surface area (Å²) in [4.78, 5) is 2.34. The first kappa shape index (κ1) is 12.9. The lowest BCUT2D eigenvalue weighted by Crippen LogP contribution is -2.43. The highest BCUT2D eigenvalue weighted by atomic mass is 35.5. The second kappa shape index (κ2) is 5.38. The van der Waals surface area contributed by atoms with Gasteiger partial charge >= 0.3 is 0 Å². The Morgan fingerprint density at radius 1 is 1.35 bits per heavy atom. The van der Waals surface area contributed by atoms with Gasteiger partial charge in [-0.2, -0.15) is 0 Å². The third-order valence-electron chi connectivity index (χ3n) is 3.85. The molecule has 3 unspecified atom stereocenters. The molecule has 0 aliphatic carbocycles. The van der Waals surface area contributed by atoms with Crippen LogP contribution in [0, 0.1) is 5.92 Å². The molecular weight excluding hydrogens is 234 g/mol. The summed E-state index contributed by atoms with van der Waals surface area (Å²) in [5, 5.41) is 10.7. The first-order valence-electron chi connectivity index (χ1n) is 6.25. The van der Waals surface area contributed by atoms with Gasteiger partial charge in [-0.1, -0.05) is 30.7 Å². The zero-order chi connectivity index (χ0) is 12.4. The standard InChI is InChI=1S/C14H20ClNO/c1-10-7-8-16(9-14(10)17)11(2)12-3-5-13(15)6-4-12/h3-6,10-11,14,17H,7-9H2,1-2H3. The van der Waals surface area contributed by atoms with Crippen LogP contribution in [0.1, 0.15) is 31.9 Å². The van der Waals surface area contributed by atoms with Crippen LogP contribution in [0.5, 0.6) is 0 Å². The number of halogens is 1. The molecule has 2 nitrogen and oxygen atoms in total. The van der Waals surface area contributed by atoms with Crippen LogP contribution in [0.2, 0.25) is 5.02 Å². The zero-order valence-corrected chi connectivity index (χ0v) is 11.2. The lowest BCUT2D eigenvalue weighted by atomic mass is 9.94. The molecular formula is C14H20ClNO. The van der Waals surface area contributed by atoms with Gasteiger partial charge in [-0.25, -0.2) is 0 Å². The van der Waals surface area contributed by atoms with Crippen molar-refractivity contribution in [2.75, 3.05) is 13.1 Å². The van der Waals surface area contributed by atoms with E-state index in [2.05, 4.69) is 30.9 Å². The summed E-state index contributed by atoms with van der Waals surface area (Å²) in [5.41, 5.74) is 1.26. The maximum Gasteiger partial charge on any atom is 0.0693 e. The molecule has 94 valence electrons. The van der Waals surface area contributed by atoms with Crippen molar-refractivity contribution in [3.05, 3.63) is 34.9 Å². The molecule has 17 heavy (non-hydrogen) atoms. The third kappa shape index (κ3) is 3.01. The second-order valence-corrected chi connectivity index (χ2v) is 5.49. The van der Waals surface area contributed by atoms with Crippen molar-refractivity contribution in [3.63, 3.8) is 0 Å². The molecule has 0 radical (unpaired) electrons. The number of likely N-dealkylation sites (tertiary alicyclic amines) is 1. The van der Waals surface area contributed by atoms with Gasteiger partial charge in [-0.15, -0.1) is 0 Å². The highest BCUT2D eigenvalue weighted by molar-refractivity contribution is 6.30. The number of aliphatic hydroxyl groups excluding tert-OH is 1. The summed E-state index contributed by atoms with van der Waals surface area (Å²) in [6.07, 6.45) is 0.873. The first-order valence-corrected chi connectivity index (χ1v) is 6.63. The van der Waals surface area contributed by atoms with Crippen LogP contribution in [0.15, 0.2) is 24.3 Å². The molecule has 1 N–H and O–H groups in total. The van der Waals surface area contributed by atoms with Crippen molar-refractivity contribution in [1.29, 1.82) is 0 Å². The fraction of sp³-hybridized carbons (Fsp3) is 0.571. The molecule has 1 aliphatic rings. The van der Waals surface area contributed by atoms with E-state index in [4.69, 9.17) is 11.6 Å². The Kier molecular flexibility index (Phi) is 4.08. The number of aliphatic hydroxyl groups is 1. The fourth-order valence-corrected chi connectivity index (χ4v) is 2.50. The Balaban J connectivity index is 2.05. The first-order chi connectivity index (χ1) is 8.08. The molecule has 1 saturated heterocycles. The molecule has 3 heteroatoms. The van der Waals surface area contributed by atoms with E-state index < -0.39 is 0 Å². The normalized spacial score (nSPS) is 28.0. The van der Waals surface area contributed by atoms with Crippen LogP contribution in [0.3, 0.4) is 0 Å². The molecule has 2 rings (SSSR count). The van der Waals surface area contributed by atoms with Gasteiger partial charge < -0.3 is 5.11 Å². The van der Waals surface area contributed by atoms with E-state index in [1.54, 1.807) is 0 Å². The summed E-state index contributed by atoms with van der Waals surface area (Å²) in [7, 11) is 0. The Hall–Kier alpha value is -0.570. The molecule has 3 atom stereocenters. The summed E-state index contributed by atoms with van der Waals surface area (Å²) in [5.74, 6) is 0.420. The Morgan fingerprint density at radius 3 is 2.59 bits per heavy atom. The smallest absolute Gasteiger partial charge is 0.0693 e. The van der Waals surface area contributed by atoms with Gasteiger partial charge in [-0.05, 0) is 43.5 Å². The number of β-amino-alcohol motifs (C(OH)–C–C–N with tert-alkyl or cyclic N) is 1. The topological polar surface area (TPSA) is 23.5 Å². The van der Waals surface area contributed by atoms with Crippen molar-refractivity contribution in [2.24, 2.45) is 5.92 Å². The van der Waals surface area contributed by atoms with Crippen LogP contribution in [-0.4, -0.2) is 29.2 Å². The van der Waals surface area contributed by atoms with Gasteiger partial charge in [0.15, 0.2) is 0 Å². The Labute approximate surface area is 108 Å². The van der Waals surface area contributed by atoms with E-state index >= 15 is 0 Å². The second-order valence-electron chi connectivity index (χ2n) is 5.06. The number of benzene rings is 1. The van der Waals surface area contributed by atoms with E-state index in [1.165, 1.54) is 5.56 Å². The van der Waals surface area contributed by atoms with Gasteiger partial charge in [0.1, 0.15) is 0 Å². The molecule has 0 bridgehead atoms. The van der Waals surface area contributed by atoms with E-state index in [0.29, 0.717) is 12.0 Å². The van der Waals surface area contributed by atoms with Crippen LogP contribution in [0.25, 0.3) is 0 Å². The SMILES string of the molecule is CC1CCN(C(C)c2ccc(Cl)cc2)CC1O. The van der Waals surface area contributed by atoms with Gasteiger partial charge in [-0.3, -0.25) is 4.90 Å². The quantitative estimate of drug-likeness (QED) is 0.876. The molecule has 0 saturated carbocycles. The van der Waals surface area contributed by atoms with Gasteiger partial charge in [0.05, 0.1) is 6.10 Å². The fourth-order valence-electron chi connectivity index (χ4n) is 2.38. The molecule has 1 aromatic rings. The van der Waals surface area contributed by atoms with E-state index in [-0.39, 0.29) is 6.10 Å². The van der Waals surface area contributed by atoms with Crippen LogP contribution < -0.4 is 0 Å². The number of hydrogen-bond donors (Lipinski definition) is 1. The van der Waals surface area contributed by atoms with Crippen molar-refractivity contribution >= 4 is 11.6 Å². The largest absolute Gasteiger partial charge is 0.392 e. The van der Waals surface area contributed by atoms with Gasteiger partial charge in [0, 0.05) is 17.6 Å². The number of rotatable bonds is 2. The average molecular weight is 254 g/mol. The van der Waals surface area contributed by atoms with E-state index in [9.17, 15) is 5.11 Å². The van der Waals surface area contributed by atoms with Gasteiger partial charge in [0.2, 0.25) is 0 Å². The lowest BCUT2D eigenvalue weighted by Gasteiger charge is -2.38. The van der Waals surface area contributed by atoms with Crippen molar-refractivity contribution in [1.82, 2.24) is 4.90 Å². The Morgan fingerprint density at radius 2 is 2.00 bits per heavy atom. The molecule has 0 aromatic heterocycles. The minimum Gasteiger partial charge on any atom is -0.392 e. The predicted molar refractivity (Wildman–Crippen MR) is 71.2 cm³/mol. The lowest BCUT2D eigenvalue weighted by molar-refractivity contribution is 0.0129. The molecule has 1 fully saturated rings. The average Bonchev–Trinajstić information content (AvgIpc) is 2.33. The zero-order valence-electron chi connectivity index (χ0n) is 10.4. The highest BCUT2D eigenvalue weighted by Gasteiger charge is 2.27. The molecule has 0 spiro atoms. The van der Waals surface area contributed by atoms with Crippen molar-refractivity contribution in [2.45, 2.75) is 32.4 Å². The molecule has 0 amide bonds. The van der Waals surface area contributed by atoms with Crippen LogP contribution in [-0.2, 0) is 0 Å². The van der Waals surface area contributed by atoms with Crippen molar-refractivity contribution in [3.8, 4) is 0 Å². The summed E-state index contributed by atoms with van der Waals surface area (Å²) in [6.45, 7) is 6.13. The molecule has 1 aliphatic heterocycles. The molecule has 1 heterocycles. The molecule has 1 aromatic carbocycles. The predicted octanol–water partition coefficient (Wildman–Crippen LogP) is 3.10. The third-order valence-corrected chi connectivity index (χ3v) is 4.10. The maximum absolute atomic E-state index is 9.93.